The summed E-state index contributed by atoms with van der Waals surface area (Å²) in [5, 5.41) is 9.31. The maximum absolute atomic E-state index is 9.08. The largest absolute Gasteiger partial charge is 0.383 e. The predicted octanol–water partition coefficient (Wildman–Crippen LogP) is 2.70. The third kappa shape index (κ3) is 1.74. The van der Waals surface area contributed by atoms with Crippen LogP contribution in [0.4, 0.5) is 5.82 Å². The van der Waals surface area contributed by atoms with Gasteiger partial charge in [-0.15, -0.1) is 0 Å². The number of hydrogen-bond donors (Lipinski definition) is 1. The van der Waals surface area contributed by atoms with Crippen molar-refractivity contribution in [2.75, 3.05) is 5.73 Å². The van der Waals surface area contributed by atoms with Gasteiger partial charge in [-0.05, 0) is 35.8 Å². The zero-order chi connectivity index (χ0) is 11.9. The van der Waals surface area contributed by atoms with E-state index in [4.69, 9.17) is 22.6 Å². The van der Waals surface area contributed by atoms with Crippen LogP contribution in [0.15, 0.2) is 0 Å². The van der Waals surface area contributed by atoms with Gasteiger partial charge in [0.1, 0.15) is 17.0 Å². The molecule has 0 aromatic carbocycles. The molecule has 0 unspecified atom stereocenters. The molecule has 0 fully saturated rings. The van der Waals surface area contributed by atoms with Crippen LogP contribution in [0.25, 0.3) is 0 Å². The number of nitrogen functional groups attached to an aromatic ring is 1. The highest BCUT2D eigenvalue weighted by Crippen LogP contribution is 2.39. The molecule has 16 heavy (non-hydrogen) atoms. The topological polar surface area (TPSA) is 62.7 Å². The molecule has 0 radical (unpaired) electrons. The monoisotopic (exact) mass is 235 g/mol. The fraction of sp³-hybridized carbons (Fsp3) is 0.500. The molecule has 3 nitrogen and oxygen atoms in total. The number of nitrogens with zero attached hydrogens (tertiary/aromatic N) is 2. The summed E-state index contributed by atoms with van der Waals surface area (Å²) in [7, 11) is 0. The fourth-order valence-electron chi connectivity index (χ4n) is 2.28. The predicted molar refractivity (Wildman–Crippen MR) is 64.2 cm³/mol. The van der Waals surface area contributed by atoms with E-state index in [0.29, 0.717) is 11.4 Å². The Kier molecular flexibility index (Phi) is 2.55. The molecule has 0 saturated heterocycles. The quantitative estimate of drug-likeness (QED) is 0.704. The number of fused-ring (bicyclic) bond motifs is 1. The number of halogens is 1. The summed E-state index contributed by atoms with van der Waals surface area (Å²) in [6.45, 7) is 4.41. The van der Waals surface area contributed by atoms with Crippen LogP contribution in [-0.2, 0) is 12.8 Å². The number of hydrogen-bond acceptors (Lipinski definition) is 3. The van der Waals surface area contributed by atoms with Crippen molar-refractivity contribution in [2.45, 2.75) is 33.1 Å². The van der Waals surface area contributed by atoms with Crippen molar-refractivity contribution in [3.05, 3.63) is 21.8 Å². The number of pyridine rings is 1. The summed E-state index contributed by atoms with van der Waals surface area (Å²) >= 11 is 5.92. The summed E-state index contributed by atoms with van der Waals surface area (Å²) in [5.74, 6) is 0.478. The van der Waals surface area contributed by atoms with Crippen molar-refractivity contribution < 1.29 is 0 Å². The molecule has 1 aromatic rings. The minimum atomic E-state index is 0.226. The Bertz CT molecular complexity index is 486. The van der Waals surface area contributed by atoms with E-state index in [9.17, 15) is 0 Å². The molecule has 0 spiro atoms. The standard InChI is InChI=1S/C12H14ClN3/c1-12(2)4-3-7-8(5-12)11(15)16-10(13)9(7)6-14/h3-5H2,1-2H3,(H2,15,16). The lowest BCUT2D eigenvalue weighted by molar-refractivity contribution is 0.315. The van der Waals surface area contributed by atoms with E-state index in [0.717, 1.165) is 30.4 Å². The first kappa shape index (κ1) is 11.2. The van der Waals surface area contributed by atoms with Crippen molar-refractivity contribution in [1.29, 1.82) is 5.26 Å². The lowest BCUT2D eigenvalue weighted by atomic mass is 9.74. The number of nitrogens with two attached hydrogens (primary N) is 1. The maximum Gasteiger partial charge on any atom is 0.149 e. The third-order valence-corrected chi connectivity index (χ3v) is 3.49. The van der Waals surface area contributed by atoms with E-state index in [2.05, 4.69) is 24.9 Å². The Hall–Kier alpha value is -1.27. The van der Waals surface area contributed by atoms with Crippen LogP contribution in [0, 0.1) is 16.7 Å². The molecule has 0 aliphatic heterocycles. The van der Waals surface area contributed by atoms with Crippen LogP contribution in [0.1, 0.15) is 37.0 Å². The maximum atomic E-state index is 9.08. The van der Waals surface area contributed by atoms with Crippen LogP contribution >= 0.6 is 11.6 Å². The van der Waals surface area contributed by atoms with Crippen molar-refractivity contribution >= 4 is 17.4 Å². The zero-order valence-corrected chi connectivity index (χ0v) is 10.2. The molecular formula is C12H14ClN3. The van der Waals surface area contributed by atoms with Gasteiger partial charge < -0.3 is 5.73 Å². The number of rotatable bonds is 0. The van der Waals surface area contributed by atoms with Gasteiger partial charge in [0, 0.05) is 0 Å². The molecule has 1 heterocycles. The lowest BCUT2D eigenvalue weighted by Crippen LogP contribution is -2.24. The second-order valence-corrected chi connectivity index (χ2v) is 5.43. The van der Waals surface area contributed by atoms with Crippen LogP contribution in [-0.4, -0.2) is 4.98 Å². The average molecular weight is 236 g/mol. The highest BCUT2D eigenvalue weighted by molar-refractivity contribution is 6.30. The van der Waals surface area contributed by atoms with Gasteiger partial charge in [-0.2, -0.15) is 5.26 Å². The zero-order valence-electron chi connectivity index (χ0n) is 9.47. The Labute approximate surface area is 100 Å². The van der Waals surface area contributed by atoms with Crippen molar-refractivity contribution in [2.24, 2.45) is 5.41 Å². The molecule has 0 amide bonds. The first-order valence-electron chi connectivity index (χ1n) is 5.31. The number of nitriles is 1. The van der Waals surface area contributed by atoms with Gasteiger partial charge in [0.15, 0.2) is 0 Å². The Morgan fingerprint density at radius 3 is 2.75 bits per heavy atom. The second-order valence-electron chi connectivity index (χ2n) is 5.07. The normalized spacial score (nSPS) is 17.6. The van der Waals surface area contributed by atoms with Gasteiger partial charge in [-0.1, -0.05) is 25.4 Å². The minimum absolute atomic E-state index is 0.226. The smallest absolute Gasteiger partial charge is 0.149 e. The van der Waals surface area contributed by atoms with E-state index in [1.807, 2.05) is 0 Å². The summed E-state index contributed by atoms with van der Waals surface area (Å²) < 4.78 is 0. The van der Waals surface area contributed by atoms with E-state index in [1.54, 1.807) is 0 Å². The molecule has 1 aromatic heterocycles. The summed E-state index contributed by atoms with van der Waals surface area (Å²) in [6, 6.07) is 2.13. The van der Waals surface area contributed by atoms with E-state index < -0.39 is 0 Å². The van der Waals surface area contributed by atoms with Crippen molar-refractivity contribution in [3.63, 3.8) is 0 Å². The minimum Gasteiger partial charge on any atom is -0.383 e. The van der Waals surface area contributed by atoms with Gasteiger partial charge >= 0.3 is 0 Å². The van der Waals surface area contributed by atoms with E-state index in [-0.39, 0.29) is 10.6 Å². The fourth-order valence-corrected chi connectivity index (χ4v) is 2.52. The number of aromatic nitrogens is 1. The van der Waals surface area contributed by atoms with Crippen LogP contribution in [0.5, 0.6) is 0 Å². The van der Waals surface area contributed by atoms with E-state index in [1.165, 1.54) is 0 Å². The van der Waals surface area contributed by atoms with Crippen LogP contribution in [0.2, 0.25) is 5.15 Å². The van der Waals surface area contributed by atoms with Gasteiger partial charge in [-0.25, -0.2) is 4.98 Å². The summed E-state index contributed by atoms with van der Waals surface area (Å²) in [4.78, 5) is 4.04. The Morgan fingerprint density at radius 2 is 2.12 bits per heavy atom. The van der Waals surface area contributed by atoms with Gasteiger partial charge in [0.2, 0.25) is 0 Å². The third-order valence-electron chi connectivity index (χ3n) is 3.22. The van der Waals surface area contributed by atoms with Gasteiger partial charge in [0.05, 0.1) is 5.56 Å². The first-order chi connectivity index (χ1) is 7.44. The molecule has 0 bridgehead atoms. The highest BCUT2D eigenvalue weighted by atomic mass is 35.5. The molecule has 0 atom stereocenters. The average Bonchev–Trinajstić information content (AvgIpc) is 2.19. The molecular weight excluding hydrogens is 222 g/mol. The number of anilines is 1. The van der Waals surface area contributed by atoms with Crippen LogP contribution < -0.4 is 5.73 Å². The Morgan fingerprint density at radius 1 is 1.44 bits per heavy atom. The second kappa shape index (κ2) is 3.64. The SMILES string of the molecule is CC1(C)CCc2c(C#N)c(Cl)nc(N)c2C1. The molecule has 2 N–H and O–H groups in total. The first-order valence-corrected chi connectivity index (χ1v) is 5.69. The van der Waals surface area contributed by atoms with Crippen molar-refractivity contribution in [1.82, 2.24) is 4.98 Å². The molecule has 1 aliphatic carbocycles. The summed E-state index contributed by atoms with van der Waals surface area (Å²) in [6.07, 6.45) is 2.78. The van der Waals surface area contributed by atoms with E-state index >= 15 is 0 Å². The molecule has 0 saturated carbocycles. The van der Waals surface area contributed by atoms with Gasteiger partial charge in [0.25, 0.3) is 0 Å². The molecule has 2 rings (SSSR count). The van der Waals surface area contributed by atoms with Crippen molar-refractivity contribution in [3.8, 4) is 6.07 Å². The van der Waals surface area contributed by atoms with Gasteiger partial charge in [-0.3, -0.25) is 0 Å². The van der Waals surface area contributed by atoms with Crippen LogP contribution in [0.3, 0.4) is 0 Å². The molecule has 4 heteroatoms. The Balaban J connectivity index is 2.63. The molecule has 84 valence electrons. The summed E-state index contributed by atoms with van der Waals surface area (Å²) in [5.41, 5.74) is 8.62. The highest BCUT2D eigenvalue weighted by Gasteiger charge is 2.29. The molecule has 1 aliphatic rings. The lowest BCUT2D eigenvalue weighted by Gasteiger charge is -2.32.